The molecule has 1 aromatic carbocycles. The molecular weight excluding hydrogens is 310 g/mol. The largest absolute Gasteiger partial charge is 0.340 e. The molecule has 1 aromatic heterocycles. The Kier molecular flexibility index (Phi) is 5.48. The Labute approximate surface area is 151 Å². The van der Waals surface area contributed by atoms with E-state index in [9.17, 15) is 4.79 Å². The van der Waals surface area contributed by atoms with Gasteiger partial charge >= 0.3 is 0 Å². The third kappa shape index (κ3) is 3.74. The van der Waals surface area contributed by atoms with Crippen LogP contribution >= 0.6 is 0 Å². The van der Waals surface area contributed by atoms with Crippen LogP contribution < -0.4 is 0 Å². The molecule has 2 aromatic rings. The molecule has 0 atom stereocenters. The summed E-state index contributed by atoms with van der Waals surface area (Å²) in [6.45, 7) is 8.52. The molecule has 1 aliphatic heterocycles. The molecule has 136 valence electrons. The van der Waals surface area contributed by atoms with Crippen molar-refractivity contribution in [2.45, 2.75) is 39.5 Å². The van der Waals surface area contributed by atoms with E-state index in [2.05, 4.69) is 36.9 Å². The van der Waals surface area contributed by atoms with Gasteiger partial charge < -0.3 is 14.4 Å². The van der Waals surface area contributed by atoms with Crippen LogP contribution in [0.15, 0.2) is 18.2 Å². The molecular formula is C21H31N3O. The number of amides is 1. The molecule has 0 bridgehead atoms. The molecule has 3 rings (SSSR count). The van der Waals surface area contributed by atoms with Crippen molar-refractivity contribution in [3.8, 4) is 0 Å². The first-order chi connectivity index (χ1) is 12.0. The van der Waals surface area contributed by atoms with Crippen molar-refractivity contribution in [3.63, 3.8) is 0 Å². The van der Waals surface area contributed by atoms with Crippen molar-refractivity contribution in [3.05, 3.63) is 35.0 Å². The lowest BCUT2D eigenvalue weighted by molar-refractivity contribution is 0.0777. The number of rotatable bonds is 5. The van der Waals surface area contributed by atoms with Gasteiger partial charge in [-0.3, -0.25) is 4.79 Å². The van der Waals surface area contributed by atoms with Crippen LogP contribution in [0.25, 0.3) is 10.9 Å². The summed E-state index contributed by atoms with van der Waals surface area (Å²) in [6.07, 6.45) is 5.06. The van der Waals surface area contributed by atoms with Crippen molar-refractivity contribution in [1.82, 2.24) is 14.4 Å². The molecule has 4 heteroatoms. The first kappa shape index (κ1) is 18.0. The number of fused-ring (bicyclic) bond motifs is 1. The Bertz CT molecular complexity index is 756. The maximum Gasteiger partial charge on any atom is 0.270 e. The number of hydrogen-bond acceptors (Lipinski definition) is 2. The standard InChI is InChI=1S/C21H31N3O/c1-16-9-10-19-18(15-16)17(2)20(23(19)4)21(25)22(3)11-8-14-24-12-6-5-7-13-24/h9-10,15H,5-8,11-14H2,1-4H3. The Morgan fingerprint density at radius 2 is 1.88 bits per heavy atom. The van der Waals surface area contributed by atoms with Gasteiger partial charge in [-0.05, 0) is 70.4 Å². The predicted octanol–water partition coefficient (Wildman–Crippen LogP) is 3.74. The third-order valence-electron chi connectivity index (χ3n) is 5.57. The van der Waals surface area contributed by atoms with E-state index in [0.717, 1.165) is 36.3 Å². The Balaban J connectivity index is 1.68. The Hall–Kier alpha value is -1.81. The van der Waals surface area contributed by atoms with E-state index in [1.54, 1.807) is 0 Å². The van der Waals surface area contributed by atoms with E-state index in [1.165, 1.54) is 43.3 Å². The summed E-state index contributed by atoms with van der Waals surface area (Å²) >= 11 is 0. The fraction of sp³-hybridized carbons (Fsp3) is 0.571. The average molecular weight is 341 g/mol. The van der Waals surface area contributed by atoms with E-state index >= 15 is 0 Å². The van der Waals surface area contributed by atoms with E-state index in [1.807, 2.05) is 23.6 Å². The van der Waals surface area contributed by atoms with Gasteiger partial charge in [0, 0.05) is 31.5 Å². The second-order valence-corrected chi connectivity index (χ2v) is 7.54. The maximum atomic E-state index is 13.0. The minimum atomic E-state index is 0.132. The molecule has 0 unspecified atom stereocenters. The molecule has 0 spiro atoms. The van der Waals surface area contributed by atoms with Crippen molar-refractivity contribution in [2.24, 2.45) is 7.05 Å². The Morgan fingerprint density at radius 3 is 2.60 bits per heavy atom. The third-order valence-corrected chi connectivity index (χ3v) is 5.57. The molecule has 1 saturated heterocycles. The number of likely N-dealkylation sites (tertiary alicyclic amines) is 1. The van der Waals surface area contributed by atoms with Gasteiger partial charge in [0.2, 0.25) is 0 Å². The van der Waals surface area contributed by atoms with Crippen LogP contribution in [0.2, 0.25) is 0 Å². The molecule has 0 saturated carbocycles. The number of carbonyl (C=O) groups excluding carboxylic acids is 1. The summed E-state index contributed by atoms with van der Waals surface area (Å²) < 4.78 is 2.05. The smallest absolute Gasteiger partial charge is 0.270 e. The Morgan fingerprint density at radius 1 is 1.16 bits per heavy atom. The highest BCUT2D eigenvalue weighted by Crippen LogP contribution is 2.26. The van der Waals surface area contributed by atoms with E-state index in [0.29, 0.717) is 0 Å². The van der Waals surface area contributed by atoms with Crippen molar-refractivity contribution in [2.75, 3.05) is 33.2 Å². The van der Waals surface area contributed by atoms with E-state index in [4.69, 9.17) is 0 Å². The molecule has 4 nitrogen and oxygen atoms in total. The van der Waals surface area contributed by atoms with Crippen molar-refractivity contribution >= 4 is 16.8 Å². The summed E-state index contributed by atoms with van der Waals surface area (Å²) in [6, 6.07) is 6.40. The first-order valence-electron chi connectivity index (χ1n) is 9.52. The highest BCUT2D eigenvalue weighted by Gasteiger charge is 2.21. The van der Waals surface area contributed by atoms with Crippen LogP contribution in [0.4, 0.5) is 0 Å². The normalized spacial score (nSPS) is 15.7. The van der Waals surface area contributed by atoms with Crippen molar-refractivity contribution in [1.29, 1.82) is 0 Å². The number of aromatic nitrogens is 1. The molecule has 0 N–H and O–H groups in total. The fourth-order valence-corrected chi connectivity index (χ4v) is 4.04. The van der Waals surface area contributed by atoms with Gasteiger partial charge in [-0.15, -0.1) is 0 Å². The lowest BCUT2D eigenvalue weighted by Gasteiger charge is -2.27. The molecule has 1 aliphatic rings. The molecule has 25 heavy (non-hydrogen) atoms. The predicted molar refractivity (Wildman–Crippen MR) is 104 cm³/mol. The topological polar surface area (TPSA) is 28.5 Å². The lowest BCUT2D eigenvalue weighted by Crippen LogP contribution is -2.34. The molecule has 1 fully saturated rings. The minimum Gasteiger partial charge on any atom is -0.340 e. The monoisotopic (exact) mass is 341 g/mol. The fourth-order valence-electron chi connectivity index (χ4n) is 4.04. The zero-order chi connectivity index (χ0) is 18.0. The highest BCUT2D eigenvalue weighted by atomic mass is 16.2. The SMILES string of the molecule is Cc1ccc2c(c1)c(C)c(C(=O)N(C)CCCN1CCCCC1)n2C. The van der Waals surface area contributed by atoms with Crippen LogP contribution in [-0.2, 0) is 7.05 Å². The first-order valence-corrected chi connectivity index (χ1v) is 9.52. The lowest BCUT2D eigenvalue weighted by atomic mass is 10.1. The number of benzene rings is 1. The number of hydrogen-bond donors (Lipinski definition) is 0. The van der Waals surface area contributed by atoms with E-state index < -0.39 is 0 Å². The van der Waals surface area contributed by atoms with Gasteiger partial charge in [0.1, 0.15) is 5.69 Å². The summed E-state index contributed by atoms with van der Waals surface area (Å²) in [7, 11) is 3.93. The summed E-state index contributed by atoms with van der Waals surface area (Å²) in [5, 5.41) is 1.19. The van der Waals surface area contributed by atoms with Gasteiger partial charge in [0.25, 0.3) is 5.91 Å². The molecule has 1 amide bonds. The molecule has 0 aliphatic carbocycles. The quantitative estimate of drug-likeness (QED) is 0.829. The van der Waals surface area contributed by atoms with Crippen LogP contribution in [-0.4, -0.2) is 53.5 Å². The number of carbonyl (C=O) groups is 1. The van der Waals surface area contributed by atoms with Crippen molar-refractivity contribution < 1.29 is 4.79 Å². The van der Waals surface area contributed by atoms with Crippen LogP contribution in [0.1, 0.15) is 47.3 Å². The molecule has 2 heterocycles. The summed E-state index contributed by atoms with van der Waals surface area (Å²) in [5.41, 5.74) is 4.28. The summed E-state index contributed by atoms with van der Waals surface area (Å²) in [5.74, 6) is 0.132. The number of aryl methyl sites for hydroxylation is 3. The maximum absolute atomic E-state index is 13.0. The highest BCUT2D eigenvalue weighted by molar-refractivity contribution is 6.01. The zero-order valence-electron chi connectivity index (χ0n) is 16.1. The average Bonchev–Trinajstić information content (AvgIpc) is 2.85. The van der Waals surface area contributed by atoms with Gasteiger partial charge in [0.05, 0.1) is 0 Å². The van der Waals surface area contributed by atoms with Gasteiger partial charge in [-0.2, -0.15) is 0 Å². The van der Waals surface area contributed by atoms with Crippen LogP contribution in [0.5, 0.6) is 0 Å². The van der Waals surface area contributed by atoms with Crippen LogP contribution in [0.3, 0.4) is 0 Å². The number of nitrogens with zero attached hydrogens (tertiary/aromatic N) is 3. The van der Waals surface area contributed by atoms with Gasteiger partial charge in [0.15, 0.2) is 0 Å². The summed E-state index contributed by atoms with van der Waals surface area (Å²) in [4.78, 5) is 17.4. The number of piperidine rings is 1. The zero-order valence-corrected chi connectivity index (χ0v) is 16.1. The van der Waals surface area contributed by atoms with E-state index in [-0.39, 0.29) is 5.91 Å². The second kappa shape index (κ2) is 7.61. The van der Waals surface area contributed by atoms with Gasteiger partial charge in [-0.25, -0.2) is 0 Å². The minimum absolute atomic E-state index is 0.132. The van der Waals surface area contributed by atoms with Crippen LogP contribution in [0, 0.1) is 13.8 Å². The second-order valence-electron chi connectivity index (χ2n) is 7.54. The van der Waals surface area contributed by atoms with Gasteiger partial charge in [-0.1, -0.05) is 18.1 Å². The molecule has 0 radical (unpaired) electrons.